The van der Waals surface area contributed by atoms with Crippen LogP contribution in [0.3, 0.4) is 0 Å². The number of nitrogens with one attached hydrogen (secondary N) is 1. The largest absolute Gasteiger partial charge is 0.465 e. The minimum Gasteiger partial charge on any atom is -0.465 e. The van der Waals surface area contributed by atoms with Gasteiger partial charge in [0, 0.05) is 48.6 Å². The van der Waals surface area contributed by atoms with Crippen LogP contribution in [0.2, 0.25) is 0 Å². The summed E-state index contributed by atoms with van der Waals surface area (Å²) in [5, 5.41) is 16.5. The van der Waals surface area contributed by atoms with E-state index in [0.29, 0.717) is 47.6 Å². The van der Waals surface area contributed by atoms with Gasteiger partial charge in [0.05, 0.1) is 12.3 Å². The van der Waals surface area contributed by atoms with Crippen molar-refractivity contribution in [3.8, 4) is 11.1 Å². The van der Waals surface area contributed by atoms with Crippen LogP contribution in [0.1, 0.15) is 59.0 Å². The van der Waals surface area contributed by atoms with Crippen molar-refractivity contribution in [1.29, 1.82) is 0 Å². The van der Waals surface area contributed by atoms with Crippen LogP contribution >= 0.6 is 0 Å². The topological polar surface area (TPSA) is 110 Å². The molecular weight excluding hydrogens is 520 g/mol. The Morgan fingerprint density at radius 3 is 2.73 bits per heavy atom. The summed E-state index contributed by atoms with van der Waals surface area (Å²) in [5.41, 5.74) is 3.24. The maximum atomic E-state index is 14.4. The van der Waals surface area contributed by atoms with E-state index >= 15 is 0 Å². The lowest BCUT2D eigenvalue weighted by Crippen LogP contribution is -2.31. The van der Waals surface area contributed by atoms with Crippen LogP contribution in [0.25, 0.3) is 21.9 Å². The molecule has 11 heteroatoms. The zero-order valence-electron chi connectivity index (χ0n) is 21.7. The van der Waals surface area contributed by atoms with Gasteiger partial charge >= 0.3 is 6.09 Å². The Hall–Kier alpha value is -4.38. The van der Waals surface area contributed by atoms with E-state index in [1.807, 2.05) is 28.4 Å². The van der Waals surface area contributed by atoms with Gasteiger partial charge in [-0.25, -0.2) is 18.6 Å². The number of rotatable bonds is 5. The zero-order valence-corrected chi connectivity index (χ0v) is 21.7. The van der Waals surface area contributed by atoms with Crippen molar-refractivity contribution in [3.05, 3.63) is 71.2 Å². The van der Waals surface area contributed by atoms with Crippen LogP contribution in [0.4, 0.5) is 25.1 Å². The second-order valence-corrected chi connectivity index (χ2v) is 10.1. The highest BCUT2D eigenvalue weighted by molar-refractivity contribution is 6.05. The van der Waals surface area contributed by atoms with Crippen molar-refractivity contribution < 1.29 is 28.2 Å². The van der Waals surface area contributed by atoms with Gasteiger partial charge in [0.2, 0.25) is 0 Å². The normalized spacial score (nSPS) is 16.9. The maximum absolute atomic E-state index is 14.4. The first-order chi connectivity index (χ1) is 19.3. The fourth-order valence-electron chi connectivity index (χ4n) is 5.64. The Balaban J connectivity index is 1.52. The second-order valence-electron chi connectivity index (χ2n) is 10.1. The quantitative estimate of drug-likeness (QED) is 0.319. The Morgan fingerprint density at radius 1 is 1.18 bits per heavy atom. The molecule has 206 valence electrons. The van der Waals surface area contributed by atoms with Gasteiger partial charge in [0.15, 0.2) is 0 Å². The van der Waals surface area contributed by atoms with Crippen molar-refractivity contribution in [2.75, 3.05) is 18.1 Å². The molecule has 6 rings (SSSR count). The molecule has 0 spiro atoms. The van der Waals surface area contributed by atoms with Crippen molar-refractivity contribution in [2.24, 2.45) is 7.05 Å². The molecule has 9 nitrogen and oxygen atoms in total. The molecular formula is C29H27F2N5O4. The molecule has 1 atom stereocenters. The summed E-state index contributed by atoms with van der Waals surface area (Å²) in [4.78, 5) is 30.4. The number of pyridine rings is 1. The molecule has 2 aromatic heterocycles. The molecule has 4 aromatic rings. The predicted molar refractivity (Wildman–Crippen MR) is 144 cm³/mol. The Bertz CT molecular complexity index is 1630. The number of nitrogens with zero attached hydrogens (tertiary/aromatic N) is 4. The number of alkyl halides is 2. The third-order valence-electron chi connectivity index (χ3n) is 7.47. The van der Waals surface area contributed by atoms with Gasteiger partial charge in [-0.1, -0.05) is 12.1 Å². The fraction of sp³-hybridized carbons (Fsp3) is 0.310. The van der Waals surface area contributed by atoms with E-state index < -0.39 is 18.4 Å². The smallest absolute Gasteiger partial charge is 0.411 e. The van der Waals surface area contributed by atoms with Gasteiger partial charge in [-0.3, -0.25) is 14.8 Å². The number of amides is 2. The number of hydrogen-bond donors (Lipinski definition) is 2. The van der Waals surface area contributed by atoms with Crippen LogP contribution in [0.15, 0.2) is 48.8 Å². The number of aromatic nitrogens is 3. The standard InChI is InChI=1S/C29H27F2N5O4/c1-35-15-19(14-32-35)21-11-16-4-2-8-36(24(16)13-22(21)26(30)31)27-20-7-6-17(25-5-3-9-40-25)10-18(20)12-23(33-27)28(37)34-29(38)39/h6-7,10-15,25-26H,2-5,8-9H2,1H3,(H,34,37)(H,38,39). The lowest BCUT2D eigenvalue weighted by molar-refractivity contribution is 0.0943. The minimum atomic E-state index is -2.73. The number of hydrogen-bond acceptors (Lipinski definition) is 6. The van der Waals surface area contributed by atoms with E-state index in [0.717, 1.165) is 35.8 Å². The summed E-state index contributed by atoms with van der Waals surface area (Å²) in [6, 6.07) is 10.6. The molecule has 0 bridgehead atoms. The molecule has 2 N–H and O–H groups in total. The summed E-state index contributed by atoms with van der Waals surface area (Å²) >= 11 is 0. The van der Waals surface area contributed by atoms with Crippen molar-refractivity contribution >= 4 is 34.3 Å². The van der Waals surface area contributed by atoms with E-state index in [2.05, 4.69) is 10.1 Å². The monoisotopic (exact) mass is 547 g/mol. The maximum Gasteiger partial charge on any atom is 0.411 e. The highest BCUT2D eigenvalue weighted by atomic mass is 19.3. The third-order valence-corrected chi connectivity index (χ3v) is 7.47. The molecule has 2 aliphatic heterocycles. The van der Waals surface area contributed by atoms with Gasteiger partial charge in [-0.2, -0.15) is 5.10 Å². The number of imide groups is 1. The first kappa shape index (κ1) is 25.9. The van der Waals surface area contributed by atoms with Crippen LogP contribution in [0, 0.1) is 0 Å². The highest BCUT2D eigenvalue weighted by Crippen LogP contribution is 2.43. The van der Waals surface area contributed by atoms with Crippen molar-refractivity contribution in [3.63, 3.8) is 0 Å². The number of anilines is 2. The molecule has 2 aliphatic rings. The van der Waals surface area contributed by atoms with E-state index in [1.165, 1.54) is 6.07 Å². The molecule has 2 amide bonds. The molecule has 0 saturated carbocycles. The predicted octanol–water partition coefficient (Wildman–Crippen LogP) is 5.92. The molecule has 2 aromatic carbocycles. The summed E-state index contributed by atoms with van der Waals surface area (Å²) < 4.78 is 36.2. The second kappa shape index (κ2) is 10.3. The number of halogens is 2. The highest BCUT2D eigenvalue weighted by Gasteiger charge is 2.28. The number of carboxylic acid groups (broad SMARTS) is 1. The Morgan fingerprint density at radius 2 is 2.02 bits per heavy atom. The minimum absolute atomic E-state index is 0.0625. The van der Waals surface area contributed by atoms with Gasteiger partial charge < -0.3 is 14.7 Å². The van der Waals surface area contributed by atoms with E-state index in [4.69, 9.17) is 9.84 Å². The lowest BCUT2D eigenvalue weighted by Gasteiger charge is -2.33. The number of benzene rings is 2. The molecule has 1 fully saturated rings. The molecule has 40 heavy (non-hydrogen) atoms. The zero-order chi connectivity index (χ0) is 28.0. The number of ether oxygens (including phenoxy) is 1. The van der Waals surface area contributed by atoms with Gasteiger partial charge in [0.1, 0.15) is 11.5 Å². The SMILES string of the molecule is Cn1cc(-c2cc3c(cc2C(F)F)N(c2nc(C(=O)NC(=O)O)cc4cc(C5CCCO5)ccc24)CCC3)cn1. The molecule has 1 saturated heterocycles. The fourth-order valence-corrected chi connectivity index (χ4v) is 5.64. The molecule has 0 aliphatic carbocycles. The van der Waals surface area contributed by atoms with Crippen molar-refractivity contribution in [1.82, 2.24) is 20.1 Å². The number of carbonyl (C=O) groups is 2. The van der Waals surface area contributed by atoms with Crippen LogP contribution in [-0.4, -0.2) is 45.0 Å². The van der Waals surface area contributed by atoms with E-state index in [-0.39, 0.29) is 17.4 Å². The molecule has 4 heterocycles. The summed E-state index contributed by atoms with van der Waals surface area (Å²) in [6.07, 6.45) is 2.25. The van der Waals surface area contributed by atoms with Crippen LogP contribution < -0.4 is 10.2 Å². The average Bonchev–Trinajstić information content (AvgIpc) is 3.63. The van der Waals surface area contributed by atoms with Gasteiger partial charge in [-0.05, 0) is 72.0 Å². The summed E-state index contributed by atoms with van der Waals surface area (Å²) in [6.45, 7) is 1.16. The Labute approximate surface area is 228 Å². The van der Waals surface area contributed by atoms with E-state index in [9.17, 15) is 18.4 Å². The average molecular weight is 548 g/mol. The molecule has 0 radical (unpaired) electrons. The first-order valence-electron chi connectivity index (χ1n) is 13.1. The summed E-state index contributed by atoms with van der Waals surface area (Å²) in [7, 11) is 1.74. The Kier molecular flexibility index (Phi) is 6.67. The summed E-state index contributed by atoms with van der Waals surface area (Å²) in [5.74, 6) is -0.460. The van der Waals surface area contributed by atoms with Crippen LogP contribution in [-0.2, 0) is 18.2 Å². The third kappa shape index (κ3) is 4.77. The molecule has 1 unspecified atom stereocenters. The number of carbonyl (C=O) groups excluding carboxylic acids is 1. The van der Waals surface area contributed by atoms with Crippen molar-refractivity contribution in [2.45, 2.75) is 38.2 Å². The lowest BCUT2D eigenvalue weighted by atomic mass is 9.92. The van der Waals surface area contributed by atoms with Gasteiger partial charge in [-0.15, -0.1) is 0 Å². The first-order valence-corrected chi connectivity index (χ1v) is 13.1. The number of aryl methyl sites for hydroxylation is 2. The number of fused-ring (bicyclic) bond motifs is 2. The van der Waals surface area contributed by atoms with Gasteiger partial charge in [0.25, 0.3) is 12.3 Å². The van der Waals surface area contributed by atoms with Crippen LogP contribution in [0.5, 0.6) is 0 Å². The van der Waals surface area contributed by atoms with E-state index in [1.54, 1.807) is 36.3 Å².